The van der Waals surface area contributed by atoms with Crippen molar-refractivity contribution in [3.8, 4) is 11.5 Å². The molecule has 3 N–H and O–H groups in total. The molecule has 168 valence electrons. The summed E-state index contributed by atoms with van der Waals surface area (Å²) in [5.41, 5.74) is 1.44. The predicted octanol–water partition coefficient (Wildman–Crippen LogP) is 1.24. The Hall–Kier alpha value is -2.64. The Morgan fingerprint density at radius 1 is 1.16 bits per heavy atom. The fraction of sp³-hybridized carbons (Fsp3) is 0.316. The zero-order valence-corrected chi connectivity index (χ0v) is 17.1. The summed E-state index contributed by atoms with van der Waals surface area (Å²) in [4.78, 5) is 13.3. The van der Waals surface area contributed by atoms with Crippen molar-refractivity contribution >= 4 is 15.9 Å². The van der Waals surface area contributed by atoms with Crippen molar-refractivity contribution in [1.29, 1.82) is 0 Å². The van der Waals surface area contributed by atoms with Crippen LogP contribution in [0.1, 0.15) is 0 Å². The Balaban J connectivity index is 1.75. The molecular weight excluding hydrogens is 436 g/mol. The second-order valence-electron chi connectivity index (χ2n) is 6.71. The Labute approximate surface area is 177 Å². The smallest absolute Gasteiger partial charge is 0.262 e. The van der Waals surface area contributed by atoms with E-state index in [0.29, 0.717) is 26.3 Å². The highest BCUT2D eigenvalue weighted by Gasteiger charge is 2.29. The highest BCUT2D eigenvalue weighted by Crippen LogP contribution is 2.26. The number of hydrogen-bond acceptors (Lipinski definition) is 7. The van der Waals surface area contributed by atoms with Gasteiger partial charge in [-0.2, -0.15) is 4.72 Å². The van der Waals surface area contributed by atoms with E-state index in [0.717, 1.165) is 30.3 Å². The molecule has 0 aliphatic carbocycles. The average Bonchev–Trinajstić information content (AvgIpc) is 2.76. The van der Waals surface area contributed by atoms with E-state index in [1.54, 1.807) is 4.90 Å². The number of hydrogen-bond donors (Lipinski definition) is 3. The molecule has 1 fully saturated rings. The minimum Gasteiger partial charge on any atom is -0.454 e. The maximum Gasteiger partial charge on any atom is 0.262 e. The van der Waals surface area contributed by atoms with Gasteiger partial charge in [0, 0.05) is 19.6 Å². The lowest BCUT2D eigenvalue weighted by Crippen LogP contribution is -2.53. The summed E-state index contributed by atoms with van der Waals surface area (Å²) in [6, 6.07) is 6.50. The van der Waals surface area contributed by atoms with Gasteiger partial charge < -0.3 is 9.47 Å². The lowest BCUT2D eigenvalue weighted by atomic mass is 10.2. The minimum atomic E-state index is -4.31. The Bertz CT molecular complexity index is 1010. The number of benzene rings is 2. The standard InChI is InChI=1S/C19H21F2N3O6S/c20-13-1-3-14(4-2-13)30-18-6-5-15(11-16(18)21)31(27,28)23-17(19(25)22-26)12-24-7-9-29-10-8-24/h1-6,11,17,23,26H,7-10,12H2,(H,22,25)/t17-/m1/s1. The first-order valence-electron chi connectivity index (χ1n) is 9.28. The third-order valence-electron chi connectivity index (χ3n) is 4.52. The number of morpholine rings is 1. The van der Waals surface area contributed by atoms with Crippen molar-refractivity contribution in [1.82, 2.24) is 15.1 Å². The van der Waals surface area contributed by atoms with Crippen LogP contribution in [-0.2, 0) is 19.6 Å². The summed E-state index contributed by atoms with van der Waals surface area (Å²) in [5.74, 6) is -2.50. The van der Waals surface area contributed by atoms with Gasteiger partial charge in [-0.1, -0.05) is 0 Å². The van der Waals surface area contributed by atoms with Gasteiger partial charge >= 0.3 is 0 Å². The van der Waals surface area contributed by atoms with E-state index in [9.17, 15) is 22.0 Å². The minimum absolute atomic E-state index is 0.0107. The molecule has 12 heteroatoms. The van der Waals surface area contributed by atoms with Crippen molar-refractivity contribution < 1.29 is 36.7 Å². The lowest BCUT2D eigenvalue weighted by Gasteiger charge is -2.29. The molecular formula is C19H21F2N3O6S. The van der Waals surface area contributed by atoms with Crippen molar-refractivity contribution in [3.05, 3.63) is 54.1 Å². The molecule has 1 heterocycles. The van der Waals surface area contributed by atoms with Crippen LogP contribution in [0.5, 0.6) is 11.5 Å². The summed E-state index contributed by atoms with van der Waals surface area (Å²) in [6.45, 7) is 1.83. The predicted molar refractivity (Wildman–Crippen MR) is 104 cm³/mol. The third-order valence-corrected chi connectivity index (χ3v) is 5.99. The number of ether oxygens (including phenoxy) is 2. The van der Waals surface area contributed by atoms with Crippen molar-refractivity contribution in [3.63, 3.8) is 0 Å². The van der Waals surface area contributed by atoms with E-state index >= 15 is 0 Å². The van der Waals surface area contributed by atoms with E-state index in [2.05, 4.69) is 4.72 Å². The van der Waals surface area contributed by atoms with E-state index in [-0.39, 0.29) is 18.0 Å². The second-order valence-corrected chi connectivity index (χ2v) is 8.43. The third kappa shape index (κ3) is 6.18. The SMILES string of the molecule is O=C(NO)[C@@H](CN1CCOCC1)NS(=O)(=O)c1ccc(Oc2ccc(F)cc2)c(F)c1. The molecule has 0 aromatic heterocycles. The van der Waals surface area contributed by atoms with Crippen LogP contribution in [0.15, 0.2) is 47.4 Å². The van der Waals surface area contributed by atoms with Crippen LogP contribution in [0.4, 0.5) is 8.78 Å². The number of rotatable bonds is 8. The molecule has 3 rings (SSSR count). The largest absolute Gasteiger partial charge is 0.454 e. The molecule has 1 atom stereocenters. The van der Waals surface area contributed by atoms with Gasteiger partial charge in [-0.05, 0) is 42.5 Å². The number of carbonyl (C=O) groups excluding carboxylic acids is 1. The molecule has 0 radical (unpaired) electrons. The van der Waals surface area contributed by atoms with Gasteiger partial charge in [0.05, 0.1) is 18.1 Å². The molecule has 1 saturated heterocycles. The van der Waals surface area contributed by atoms with Crippen molar-refractivity contribution in [2.75, 3.05) is 32.8 Å². The molecule has 31 heavy (non-hydrogen) atoms. The number of nitrogens with one attached hydrogen (secondary N) is 2. The summed E-state index contributed by atoms with van der Waals surface area (Å²) in [6.07, 6.45) is 0. The summed E-state index contributed by atoms with van der Waals surface area (Å²) in [5, 5.41) is 8.96. The average molecular weight is 457 g/mol. The van der Waals surface area contributed by atoms with Gasteiger partial charge in [-0.15, -0.1) is 0 Å². The van der Waals surface area contributed by atoms with Gasteiger partial charge in [0.2, 0.25) is 10.0 Å². The highest BCUT2D eigenvalue weighted by molar-refractivity contribution is 7.89. The zero-order valence-electron chi connectivity index (χ0n) is 16.3. The first-order valence-corrected chi connectivity index (χ1v) is 10.8. The van der Waals surface area contributed by atoms with Crippen LogP contribution in [0.25, 0.3) is 0 Å². The van der Waals surface area contributed by atoms with E-state index < -0.39 is 38.5 Å². The molecule has 1 aliphatic heterocycles. The maximum atomic E-state index is 14.4. The Morgan fingerprint density at radius 2 is 1.84 bits per heavy atom. The molecule has 0 bridgehead atoms. The molecule has 0 unspecified atom stereocenters. The lowest BCUT2D eigenvalue weighted by molar-refractivity contribution is -0.131. The summed E-state index contributed by atoms with van der Waals surface area (Å²) >= 11 is 0. The second kappa shape index (κ2) is 10.1. The molecule has 1 amide bonds. The Morgan fingerprint density at radius 3 is 2.45 bits per heavy atom. The quantitative estimate of drug-likeness (QED) is 0.403. The maximum absolute atomic E-state index is 14.4. The van der Waals surface area contributed by atoms with Crippen LogP contribution in [0, 0.1) is 11.6 Å². The van der Waals surface area contributed by atoms with Gasteiger partial charge in [-0.25, -0.2) is 22.7 Å². The number of carbonyl (C=O) groups is 1. The van der Waals surface area contributed by atoms with Crippen LogP contribution >= 0.6 is 0 Å². The van der Waals surface area contributed by atoms with Crippen molar-refractivity contribution in [2.24, 2.45) is 0 Å². The number of hydroxylamine groups is 1. The molecule has 0 saturated carbocycles. The van der Waals surface area contributed by atoms with Crippen LogP contribution in [0.2, 0.25) is 0 Å². The number of halogens is 2. The first kappa shape index (κ1) is 23.0. The molecule has 9 nitrogen and oxygen atoms in total. The fourth-order valence-electron chi connectivity index (χ4n) is 2.91. The van der Waals surface area contributed by atoms with Crippen LogP contribution in [0.3, 0.4) is 0 Å². The van der Waals surface area contributed by atoms with Gasteiger partial charge in [-0.3, -0.25) is 14.9 Å². The number of nitrogens with zero attached hydrogens (tertiary/aromatic N) is 1. The zero-order chi connectivity index (χ0) is 22.4. The molecule has 0 spiro atoms. The highest BCUT2D eigenvalue weighted by atomic mass is 32.2. The van der Waals surface area contributed by atoms with E-state index in [1.807, 2.05) is 0 Å². The van der Waals surface area contributed by atoms with Crippen molar-refractivity contribution in [2.45, 2.75) is 10.9 Å². The summed E-state index contributed by atoms with van der Waals surface area (Å²) < 4.78 is 65.5. The number of amides is 1. The van der Waals surface area contributed by atoms with Gasteiger partial charge in [0.25, 0.3) is 5.91 Å². The molecule has 2 aromatic carbocycles. The van der Waals surface area contributed by atoms with E-state index in [4.69, 9.17) is 14.7 Å². The first-order chi connectivity index (χ1) is 14.8. The molecule has 1 aliphatic rings. The normalized spacial score (nSPS) is 16.0. The number of sulfonamides is 1. The van der Waals surface area contributed by atoms with Gasteiger partial charge in [0.15, 0.2) is 11.6 Å². The van der Waals surface area contributed by atoms with Crippen LogP contribution in [-0.4, -0.2) is 63.3 Å². The monoisotopic (exact) mass is 457 g/mol. The fourth-order valence-corrected chi connectivity index (χ4v) is 4.11. The molecule has 2 aromatic rings. The van der Waals surface area contributed by atoms with Gasteiger partial charge in [0.1, 0.15) is 17.6 Å². The van der Waals surface area contributed by atoms with Crippen LogP contribution < -0.4 is 14.9 Å². The Kier molecular flexibility index (Phi) is 7.51. The topological polar surface area (TPSA) is 117 Å². The summed E-state index contributed by atoms with van der Waals surface area (Å²) in [7, 11) is -4.31. The van der Waals surface area contributed by atoms with E-state index in [1.165, 1.54) is 17.6 Å².